The fourth-order valence-electron chi connectivity index (χ4n) is 2.05. The van der Waals surface area contributed by atoms with Crippen LogP contribution in [0.2, 0.25) is 0 Å². The molecule has 1 unspecified atom stereocenters. The van der Waals surface area contributed by atoms with Gasteiger partial charge >= 0.3 is 5.97 Å². The third-order valence-corrected chi connectivity index (χ3v) is 3.26. The van der Waals surface area contributed by atoms with Crippen molar-refractivity contribution in [2.75, 3.05) is 7.11 Å². The van der Waals surface area contributed by atoms with E-state index in [-0.39, 0.29) is 6.42 Å². The lowest BCUT2D eigenvalue weighted by atomic mass is 10.1. The van der Waals surface area contributed by atoms with Crippen molar-refractivity contribution in [3.63, 3.8) is 0 Å². The summed E-state index contributed by atoms with van der Waals surface area (Å²) >= 11 is 0. The SMILES string of the molecule is COc1ccc(/C=[N+](\[O-])C(Cc2ccccc2)C(=O)O)cc1. The van der Waals surface area contributed by atoms with Gasteiger partial charge in [0.05, 0.1) is 7.11 Å². The molecule has 0 radical (unpaired) electrons. The quantitative estimate of drug-likeness (QED) is 0.384. The Kier molecular flexibility index (Phi) is 5.14. The van der Waals surface area contributed by atoms with Gasteiger partial charge in [-0.3, -0.25) is 0 Å². The van der Waals surface area contributed by atoms with Crippen LogP contribution in [0, 0.1) is 5.21 Å². The van der Waals surface area contributed by atoms with Crippen molar-refractivity contribution >= 4 is 12.2 Å². The molecule has 5 heteroatoms. The minimum absolute atomic E-state index is 0.145. The van der Waals surface area contributed by atoms with E-state index < -0.39 is 12.0 Å². The number of benzene rings is 2. The predicted octanol–water partition coefficient (Wildman–Crippen LogP) is 2.32. The van der Waals surface area contributed by atoms with Crippen molar-refractivity contribution in [1.82, 2.24) is 0 Å². The van der Waals surface area contributed by atoms with Gasteiger partial charge in [-0.05, 0) is 29.8 Å². The number of methoxy groups -OCH3 is 1. The van der Waals surface area contributed by atoms with Crippen LogP contribution in [0.4, 0.5) is 0 Å². The maximum atomic E-state index is 12.2. The van der Waals surface area contributed by atoms with E-state index in [0.717, 1.165) is 5.56 Å². The average molecular weight is 299 g/mol. The smallest absolute Gasteiger partial charge is 0.374 e. The largest absolute Gasteiger partial charge is 0.623 e. The Bertz CT molecular complexity index is 650. The molecule has 114 valence electrons. The second kappa shape index (κ2) is 7.26. The highest BCUT2D eigenvalue weighted by Gasteiger charge is 2.25. The molecule has 5 nitrogen and oxygen atoms in total. The van der Waals surface area contributed by atoms with E-state index in [2.05, 4.69) is 0 Å². The molecule has 2 aromatic carbocycles. The summed E-state index contributed by atoms with van der Waals surface area (Å²) in [5, 5.41) is 21.4. The van der Waals surface area contributed by atoms with Gasteiger partial charge < -0.3 is 15.1 Å². The van der Waals surface area contributed by atoms with Crippen LogP contribution in [0.25, 0.3) is 0 Å². The van der Waals surface area contributed by atoms with Gasteiger partial charge in [0.15, 0.2) is 6.21 Å². The molecule has 0 spiro atoms. The first-order chi connectivity index (χ1) is 10.6. The summed E-state index contributed by atoms with van der Waals surface area (Å²) in [6, 6.07) is 14.7. The van der Waals surface area contributed by atoms with Crippen LogP contribution in [0.1, 0.15) is 11.1 Å². The number of aliphatic carboxylic acids is 1. The zero-order valence-electron chi connectivity index (χ0n) is 12.2. The van der Waals surface area contributed by atoms with E-state index >= 15 is 0 Å². The monoisotopic (exact) mass is 299 g/mol. The van der Waals surface area contributed by atoms with Gasteiger partial charge in [0, 0.05) is 12.0 Å². The number of hydroxylamine groups is 1. The Labute approximate surface area is 128 Å². The van der Waals surface area contributed by atoms with Gasteiger partial charge in [-0.25, -0.2) is 4.79 Å². The zero-order valence-corrected chi connectivity index (χ0v) is 12.2. The highest BCUT2D eigenvalue weighted by atomic mass is 16.5. The molecule has 0 saturated heterocycles. The molecule has 0 bridgehead atoms. The highest BCUT2D eigenvalue weighted by Crippen LogP contribution is 2.11. The van der Waals surface area contributed by atoms with Crippen LogP contribution in [-0.2, 0) is 11.2 Å². The second-order valence-corrected chi connectivity index (χ2v) is 4.81. The van der Waals surface area contributed by atoms with Crippen LogP contribution in [0.15, 0.2) is 54.6 Å². The van der Waals surface area contributed by atoms with E-state index in [0.29, 0.717) is 16.1 Å². The van der Waals surface area contributed by atoms with Crippen molar-refractivity contribution in [3.05, 3.63) is 70.9 Å². The molecule has 2 rings (SSSR count). The Hall–Kier alpha value is -2.82. The zero-order chi connectivity index (χ0) is 15.9. The Morgan fingerprint density at radius 3 is 2.41 bits per heavy atom. The number of rotatable bonds is 6. The summed E-state index contributed by atoms with van der Waals surface area (Å²) in [7, 11) is 1.55. The van der Waals surface area contributed by atoms with Crippen LogP contribution in [0.5, 0.6) is 5.75 Å². The molecule has 1 N–H and O–H groups in total. The molecule has 0 fully saturated rings. The van der Waals surface area contributed by atoms with Crippen molar-refractivity contribution in [1.29, 1.82) is 0 Å². The van der Waals surface area contributed by atoms with E-state index in [1.165, 1.54) is 6.21 Å². The number of carboxylic acids is 1. The molecule has 2 aromatic rings. The number of ether oxygens (including phenoxy) is 1. The molecule has 0 aliphatic heterocycles. The Morgan fingerprint density at radius 1 is 1.23 bits per heavy atom. The van der Waals surface area contributed by atoms with Gasteiger partial charge in [-0.15, -0.1) is 0 Å². The number of nitrogens with zero attached hydrogens (tertiary/aromatic N) is 1. The first-order valence-electron chi connectivity index (χ1n) is 6.81. The summed E-state index contributed by atoms with van der Waals surface area (Å²) in [5.41, 5.74) is 1.42. The third-order valence-electron chi connectivity index (χ3n) is 3.26. The van der Waals surface area contributed by atoms with Crippen LogP contribution in [-0.4, -0.2) is 35.2 Å². The maximum Gasteiger partial charge on any atom is 0.374 e. The minimum atomic E-state index is -1.16. The topological polar surface area (TPSA) is 72.6 Å². The molecule has 22 heavy (non-hydrogen) atoms. The molecule has 0 aliphatic carbocycles. The second-order valence-electron chi connectivity index (χ2n) is 4.81. The molecular formula is C17H17NO4. The summed E-state index contributed by atoms with van der Waals surface area (Å²) < 4.78 is 5.52. The van der Waals surface area contributed by atoms with Crippen LogP contribution >= 0.6 is 0 Å². The summed E-state index contributed by atoms with van der Waals surface area (Å²) in [6.45, 7) is 0. The van der Waals surface area contributed by atoms with E-state index in [9.17, 15) is 15.1 Å². The lowest BCUT2D eigenvalue weighted by Crippen LogP contribution is -2.33. The summed E-state index contributed by atoms with van der Waals surface area (Å²) in [4.78, 5) is 11.4. The number of hydrogen-bond donors (Lipinski definition) is 1. The van der Waals surface area contributed by atoms with Crippen molar-refractivity contribution in [2.45, 2.75) is 12.5 Å². The third kappa shape index (κ3) is 4.09. The van der Waals surface area contributed by atoms with Gasteiger partial charge in [-0.2, -0.15) is 4.74 Å². The van der Waals surface area contributed by atoms with Gasteiger partial charge in [0.25, 0.3) is 6.04 Å². The maximum absolute atomic E-state index is 12.2. The average Bonchev–Trinajstić information content (AvgIpc) is 2.54. The first kappa shape index (κ1) is 15.6. The minimum Gasteiger partial charge on any atom is -0.623 e. The van der Waals surface area contributed by atoms with Crippen molar-refractivity contribution in [2.24, 2.45) is 0 Å². The Morgan fingerprint density at radius 2 is 1.86 bits per heavy atom. The first-order valence-corrected chi connectivity index (χ1v) is 6.81. The summed E-state index contributed by atoms with van der Waals surface area (Å²) in [6.07, 6.45) is 1.42. The molecule has 0 saturated carbocycles. The normalized spacial score (nSPS) is 12.7. The molecule has 1 atom stereocenters. The lowest BCUT2D eigenvalue weighted by Gasteiger charge is -2.13. The fourth-order valence-corrected chi connectivity index (χ4v) is 2.05. The molecule has 0 amide bonds. The van der Waals surface area contributed by atoms with E-state index in [1.807, 2.05) is 18.2 Å². The Balaban J connectivity index is 2.19. The molecule has 0 heterocycles. The van der Waals surface area contributed by atoms with E-state index in [1.54, 1.807) is 43.5 Å². The standard InChI is InChI=1S/C17H17NO4/c1-22-15-9-7-14(8-10-15)12-18(21)16(17(19)20)11-13-5-3-2-4-6-13/h2-10,12,16H,11H2,1H3,(H,19,20)/b18-12-. The fraction of sp³-hybridized carbons (Fsp3) is 0.176. The number of carboxylic acid groups (broad SMARTS) is 1. The molecule has 0 aliphatic rings. The van der Waals surface area contributed by atoms with Gasteiger partial charge in [0.2, 0.25) is 0 Å². The van der Waals surface area contributed by atoms with Crippen LogP contribution in [0.3, 0.4) is 0 Å². The lowest BCUT2D eigenvalue weighted by molar-refractivity contribution is -0.483. The summed E-state index contributed by atoms with van der Waals surface area (Å²) in [5.74, 6) is -0.475. The van der Waals surface area contributed by atoms with E-state index in [4.69, 9.17) is 4.74 Å². The van der Waals surface area contributed by atoms with Gasteiger partial charge in [0.1, 0.15) is 5.75 Å². The van der Waals surface area contributed by atoms with Crippen LogP contribution < -0.4 is 4.74 Å². The van der Waals surface area contributed by atoms with Crippen molar-refractivity contribution in [3.8, 4) is 5.75 Å². The molecular weight excluding hydrogens is 282 g/mol. The highest BCUT2D eigenvalue weighted by molar-refractivity contribution is 5.78. The number of hydrogen-bond acceptors (Lipinski definition) is 3. The predicted molar refractivity (Wildman–Crippen MR) is 83.4 cm³/mol. The number of carbonyl (C=O) groups is 1. The van der Waals surface area contributed by atoms with Crippen molar-refractivity contribution < 1.29 is 19.4 Å². The molecule has 0 aromatic heterocycles. The van der Waals surface area contributed by atoms with Gasteiger partial charge in [-0.1, -0.05) is 30.3 Å².